The van der Waals surface area contributed by atoms with E-state index in [1.807, 2.05) is 5.32 Å². The Morgan fingerprint density at radius 1 is 1.60 bits per heavy atom. The van der Waals surface area contributed by atoms with E-state index in [1.54, 1.807) is 0 Å². The lowest BCUT2D eigenvalue weighted by Crippen LogP contribution is -2.29. The summed E-state index contributed by atoms with van der Waals surface area (Å²) < 4.78 is 13.4. The highest BCUT2D eigenvalue weighted by Gasteiger charge is 2.18. The maximum absolute atomic E-state index is 13.4. The summed E-state index contributed by atoms with van der Waals surface area (Å²) in [4.78, 5) is 10.4. The average molecular weight is 234 g/mol. The van der Waals surface area contributed by atoms with Gasteiger partial charge < -0.3 is 15.5 Å². The lowest BCUT2D eigenvalue weighted by atomic mass is 10.1. The smallest absolute Gasteiger partial charge is 0.405 e. The molecule has 0 saturated carbocycles. The lowest BCUT2D eigenvalue weighted by molar-refractivity contribution is 0.177. The number of aliphatic hydroxyl groups excluding tert-OH is 1. The number of carbonyl (C=O) groups is 1. The minimum atomic E-state index is -1.34. The van der Waals surface area contributed by atoms with E-state index in [2.05, 4.69) is 0 Å². The zero-order valence-electron chi connectivity index (χ0n) is 7.58. The van der Waals surface area contributed by atoms with Crippen molar-refractivity contribution in [2.75, 3.05) is 6.61 Å². The van der Waals surface area contributed by atoms with E-state index < -0.39 is 24.6 Å². The van der Waals surface area contributed by atoms with Crippen LogP contribution in [0.2, 0.25) is 5.02 Å². The summed E-state index contributed by atoms with van der Waals surface area (Å²) in [6.45, 7) is -0.538. The minimum absolute atomic E-state index is 0.0207. The van der Waals surface area contributed by atoms with Crippen LogP contribution >= 0.6 is 11.6 Å². The molecule has 0 fully saturated rings. The molecule has 1 rings (SSSR count). The highest BCUT2D eigenvalue weighted by atomic mass is 35.5. The van der Waals surface area contributed by atoms with Gasteiger partial charge in [-0.25, -0.2) is 9.18 Å². The van der Waals surface area contributed by atoms with Gasteiger partial charge >= 0.3 is 6.09 Å². The fourth-order valence-corrected chi connectivity index (χ4v) is 1.34. The van der Waals surface area contributed by atoms with Gasteiger partial charge in [-0.2, -0.15) is 0 Å². The third kappa shape index (κ3) is 2.81. The summed E-state index contributed by atoms with van der Waals surface area (Å²) in [6, 6.07) is 3.17. The molecule has 15 heavy (non-hydrogen) atoms. The zero-order valence-corrected chi connectivity index (χ0v) is 8.33. The average Bonchev–Trinajstić information content (AvgIpc) is 2.19. The van der Waals surface area contributed by atoms with Crippen LogP contribution in [0.1, 0.15) is 11.6 Å². The van der Waals surface area contributed by atoms with E-state index >= 15 is 0 Å². The number of halogens is 2. The zero-order chi connectivity index (χ0) is 11.4. The van der Waals surface area contributed by atoms with Gasteiger partial charge in [0.05, 0.1) is 17.7 Å². The molecule has 1 amide bonds. The summed E-state index contributed by atoms with van der Waals surface area (Å²) >= 11 is 5.52. The number of hydrogen-bond donors (Lipinski definition) is 3. The predicted molar refractivity (Wildman–Crippen MR) is 52.4 cm³/mol. The molecule has 0 aromatic heterocycles. The Bertz CT molecular complexity index is 372. The SMILES string of the molecule is O=C(O)NC(CO)c1cccc(Cl)c1F. The Kier molecular flexibility index (Phi) is 3.88. The Labute approximate surface area is 90.3 Å². The van der Waals surface area contributed by atoms with E-state index in [9.17, 15) is 9.18 Å². The molecule has 1 unspecified atom stereocenters. The summed E-state index contributed by atoms with van der Waals surface area (Å²) in [5.41, 5.74) is 0.0207. The van der Waals surface area contributed by atoms with Gasteiger partial charge in [-0.15, -0.1) is 0 Å². The van der Waals surface area contributed by atoms with E-state index in [0.29, 0.717) is 0 Å². The van der Waals surface area contributed by atoms with Crippen molar-refractivity contribution in [1.29, 1.82) is 0 Å². The first kappa shape index (κ1) is 11.7. The predicted octanol–water partition coefficient (Wildman–Crippen LogP) is 1.78. The van der Waals surface area contributed by atoms with Crippen LogP contribution in [0.15, 0.2) is 18.2 Å². The van der Waals surface area contributed by atoms with E-state index in [4.69, 9.17) is 21.8 Å². The second-order valence-corrected chi connectivity index (χ2v) is 3.23. The summed E-state index contributed by atoms with van der Waals surface area (Å²) in [7, 11) is 0. The second kappa shape index (κ2) is 4.95. The molecule has 0 radical (unpaired) electrons. The fourth-order valence-electron chi connectivity index (χ4n) is 1.16. The maximum Gasteiger partial charge on any atom is 0.405 e. The molecule has 1 aromatic rings. The Morgan fingerprint density at radius 2 is 2.27 bits per heavy atom. The Hall–Kier alpha value is -1.33. The third-order valence-electron chi connectivity index (χ3n) is 1.84. The lowest BCUT2D eigenvalue weighted by Gasteiger charge is -2.15. The summed E-state index contributed by atoms with van der Waals surface area (Å²) in [5.74, 6) is -0.730. The second-order valence-electron chi connectivity index (χ2n) is 2.83. The molecule has 0 heterocycles. The monoisotopic (exact) mass is 233 g/mol. The maximum atomic E-state index is 13.4. The molecular weight excluding hydrogens is 225 g/mol. The van der Waals surface area contributed by atoms with Crippen LogP contribution in [-0.4, -0.2) is 22.9 Å². The molecule has 0 bridgehead atoms. The Balaban J connectivity index is 3.01. The molecule has 6 heteroatoms. The standard InChI is InChI=1S/C9H9ClFNO3/c10-6-3-1-2-5(8(6)11)7(4-13)12-9(14)15/h1-3,7,12-13H,4H2,(H,14,15). The van der Waals surface area contributed by atoms with Gasteiger partial charge in [0.1, 0.15) is 5.82 Å². The third-order valence-corrected chi connectivity index (χ3v) is 2.13. The first-order valence-corrected chi connectivity index (χ1v) is 4.48. The number of benzene rings is 1. The highest BCUT2D eigenvalue weighted by Crippen LogP contribution is 2.23. The minimum Gasteiger partial charge on any atom is -0.465 e. The molecule has 1 aromatic carbocycles. The van der Waals surface area contributed by atoms with Gasteiger partial charge in [0.25, 0.3) is 0 Å². The molecule has 0 spiro atoms. The number of nitrogens with one attached hydrogen (secondary N) is 1. The van der Waals surface area contributed by atoms with E-state index in [0.717, 1.165) is 0 Å². The van der Waals surface area contributed by atoms with E-state index in [1.165, 1.54) is 18.2 Å². The first-order chi connectivity index (χ1) is 7.06. The van der Waals surface area contributed by atoms with Crippen molar-refractivity contribution in [3.05, 3.63) is 34.6 Å². The van der Waals surface area contributed by atoms with E-state index in [-0.39, 0.29) is 10.6 Å². The highest BCUT2D eigenvalue weighted by molar-refractivity contribution is 6.30. The summed E-state index contributed by atoms with van der Waals surface area (Å²) in [5, 5.41) is 19.2. The van der Waals surface area contributed by atoms with Gasteiger partial charge in [0, 0.05) is 5.56 Å². The fraction of sp³-hybridized carbons (Fsp3) is 0.222. The molecular formula is C9H9ClFNO3. The number of hydrogen-bond acceptors (Lipinski definition) is 2. The quantitative estimate of drug-likeness (QED) is 0.745. The molecule has 0 aliphatic carbocycles. The van der Waals surface area contributed by atoms with Crippen molar-refractivity contribution in [2.45, 2.75) is 6.04 Å². The van der Waals surface area contributed by atoms with Crippen LogP contribution in [-0.2, 0) is 0 Å². The van der Waals surface area contributed by atoms with Crippen LogP contribution in [0.4, 0.5) is 9.18 Å². The van der Waals surface area contributed by atoms with Crippen molar-refractivity contribution in [1.82, 2.24) is 5.32 Å². The van der Waals surface area contributed by atoms with Crippen LogP contribution in [0.5, 0.6) is 0 Å². The molecule has 4 nitrogen and oxygen atoms in total. The van der Waals surface area contributed by atoms with Crippen molar-refractivity contribution in [2.24, 2.45) is 0 Å². The number of amides is 1. The van der Waals surface area contributed by atoms with Crippen LogP contribution in [0, 0.1) is 5.82 Å². The molecule has 3 N–H and O–H groups in total. The number of carboxylic acid groups (broad SMARTS) is 1. The first-order valence-electron chi connectivity index (χ1n) is 4.10. The van der Waals surface area contributed by atoms with Crippen molar-refractivity contribution < 1.29 is 19.4 Å². The van der Waals surface area contributed by atoms with Gasteiger partial charge in [-0.3, -0.25) is 0 Å². The van der Waals surface area contributed by atoms with Crippen molar-refractivity contribution in [3.63, 3.8) is 0 Å². The van der Waals surface area contributed by atoms with Crippen LogP contribution in [0.25, 0.3) is 0 Å². The van der Waals surface area contributed by atoms with Crippen LogP contribution in [0.3, 0.4) is 0 Å². The topological polar surface area (TPSA) is 69.6 Å². The Morgan fingerprint density at radius 3 is 2.80 bits per heavy atom. The molecule has 0 aliphatic rings. The largest absolute Gasteiger partial charge is 0.465 e. The van der Waals surface area contributed by atoms with Gasteiger partial charge in [0.15, 0.2) is 0 Å². The normalized spacial score (nSPS) is 12.2. The molecule has 82 valence electrons. The molecule has 0 aliphatic heterocycles. The van der Waals surface area contributed by atoms with Gasteiger partial charge in [0.2, 0.25) is 0 Å². The van der Waals surface area contributed by atoms with Crippen molar-refractivity contribution >= 4 is 17.7 Å². The van der Waals surface area contributed by atoms with Gasteiger partial charge in [-0.05, 0) is 6.07 Å². The number of rotatable bonds is 3. The molecule has 0 saturated heterocycles. The summed E-state index contributed by atoms with van der Waals surface area (Å²) in [6.07, 6.45) is -1.34. The van der Waals surface area contributed by atoms with Gasteiger partial charge in [-0.1, -0.05) is 23.7 Å². The molecule has 1 atom stereocenters. The van der Waals surface area contributed by atoms with Crippen molar-refractivity contribution in [3.8, 4) is 0 Å². The van der Waals surface area contributed by atoms with Crippen LogP contribution < -0.4 is 5.32 Å². The number of aliphatic hydroxyl groups is 1.